The summed E-state index contributed by atoms with van der Waals surface area (Å²) in [6, 6.07) is 16.6. The van der Waals surface area contributed by atoms with Crippen LogP contribution >= 0.6 is 0 Å². The highest BCUT2D eigenvalue weighted by molar-refractivity contribution is 5.87. The van der Waals surface area contributed by atoms with Crippen LogP contribution in [0.4, 0.5) is 0 Å². The van der Waals surface area contributed by atoms with Gasteiger partial charge in [-0.3, -0.25) is 4.79 Å². The molecule has 4 aliphatic rings. The van der Waals surface area contributed by atoms with Crippen LogP contribution in [0, 0.1) is 17.3 Å². The predicted octanol–water partition coefficient (Wildman–Crippen LogP) is 5.55. The predicted molar refractivity (Wildman–Crippen MR) is 131 cm³/mol. The first-order chi connectivity index (χ1) is 16.6. The van der Waals surface area contributed by atoms with Crippen LogP contribution in [0.2, 0.25) is 0 Å². The van der Waals surface area contributed by atoms with E-state index in [1.807, 2.05) is 42.5 Å². The van der Waals surface area contributed by atoms with E-state index >= 15 is 0 Å². The smallest absolute Gasteiger partial charge is 0.145 e. The molecule has 6 rings (SSSR count). The van der Waals surface area contributed by atoms with Gasteiger partial charge in [-0.05, 0) is 84.8 Å². The molecule has 0 bridgehead atoms. The minimum Gasteiger partial charge on any atom is -0.484 e. The molecule has 0 spiro atoms. The van der Waals surface area contributed by atoms with Crippen LogP contribution in [0.5, 0.6) is 5.75 Å². The Kier molecular flexibility index (Phi) is 5.62. The maximum absolute atomic E-state index is 12.6. The third-order valence-corrected chi connectivity index (χ3v) is 9.15. The van der Waals surface area contributed by atoms with Gasteiger partial charge < -0.3 is 14.6 Å². The van der Waals surface area contributed by atoms with Gasteiger partial charge in [0.05, 0.1) is 6.61 Å². The first kappa shape index (κ1) is 22.1. The van der Waals surface area contributed by atoms with Crippen LogP contribution < -0.4 is 4.74 Å². The number of ether oxygens (including phenoxy) is 2. The minimum atomic E-state index is -0.411. The molecule has 2 fully saturated rings. The van der Waals surface area contributed by atoms with Crippen LogP contribution in [0.1, 0.15) is 67.7 Å². The first-order valence-corrected chi connectivity index (χ1v) is 12.9. The summed E-state index contributed by atoms with van der Waals surface area (Å²) in [6.07, 6.45) is 9.36. The summed E-state index contributed by atoms with van der Waals surface area (Å²) in [4.78, 5) is 12.6. The number of Topliss-reactive ketones (excluding diaryl/α,β-unsaturated/α-hetero) is 1. The summed E-state index contributed by atoms with van der Waals surface area (Å²) in [7, 11) is 0. The largest absolute Gasteiger partial charge is 0.484 e. The Morgan fingerprint density at radius 3 is 2.74 bits per heavy atom. The monoisotopic (exact) mass is 458 g/mol. The number of carbonyl (C=O) groups is 1. The van der Waals surface area contributed by atoms with Gasteiger partial charge in [-0.1, -0.05) is 49.4 Å². The lowest BCUT2D eigenvalue weighted by molar-refractivity contribution is -0.129. The van der Waals surface area contributed by atoms with E-state index in [1.165, 1.54) is 17.5 Å². The average Bonchev–Trinajstić information content (AvgIpc) is 3.19. The molecule has 0 radical (unpaired) electrons. The van der Waals surface area contributed by atoms with Crippen molar-refractivity contribution in [3.8, 4) is 5.75 Å². The van der Waals surface area contributed by atoms with Crippen molar-refractivity contribution in [2.45, 2.75) is 69.7 Å². The maximum Gasteiger partial charge on any atom is 0.145 e. The number of hydrogen-bond acceptors (Lipinski definition) is 4. The lowest BCUT2D eigenvalue weighted by Gasteiger charge is -2.48. The lowest BCUT2D eigenvalue weighted by Crippen LogP contribution is -2.42. The second kappa shape index (κ2) is 8.66. The number of fused-ring (bicyclic) bond motifs is 5. The van der Waals surface area contributed by atoms with Crippen LogP contribution in [0.25, 0.3) is 0 Å². The zero-order chi connectivity index (χ0) is 23.3. The molecule has 0 saturated heterocycles. The third-order valence-electron chi connectivity index (χ3n) is 9.15. The molecule has 7 atom stereocenters. The normalized spacial score (nSPS) is 36.5. The number of rotatable bonds is 4. The van der Waals surface area contributed by atoms with Gasteiger partial charge in [-0.2, -0.15) is 0 Å². The Morgan fingerprint density at radius 1 is 1.06 bits per heavy atom. The van der Waals surface area contributed by atoms with Gasteiger partial charge in [0, 0.05) is 11.8 Å². The van der Waals surface area contributed by atoms with E-state index in [-0.39, 0.29) is 24.2 Å². The van der Waals surface area contributed by atoms with Crippen LogP contribution in [0.3, 0.4) is 0 Å². The number of aryl methyl sites for hydroxylation is 1. The SMILES string of the molecule is C[C@]12CC[C@@H]3c4ccc(O[C@H]5C=C[C@@H](c6ccccc6)O[C@@H]5CO)cc4CC[C@H]3[C@@H]1CCC2=O. The number of benzene rings is 2. The molecule has 2 aromatic carbocycles. The molecule has 4 heteroatoms. The summed E-state index contributed by atoms with van der Waals surface area (Å²) in [5.74, 6) is 3.09. The van der Waals surface area contributed by atoms with Gasteiger partial charge in [0.1, 0.15) is 29.8 Å². The van der Waals surface area contributed by atoms with E-state index in [9.17, 15) is 9.90 Å². The summed E-state index contributed by atoms with van der Waals surface area (Å²) in [5, 5.41) is 9.98. The number of aliphatic hydroxyl groups excluding tert-OH is 1. The van der Waals surface area contributed by atoms with Crippen molar-refractivity contribution < 1.29 is 19.4 Å². The number of hydrogen-bond donors (Lipinski definition) is 1. The molecule has 178 valence electrons. The topological polar surface area (TPSA) is 55.8 Å². The first-order valence-electron chi connectivity index (χ1n) is 12.9. The lowest BCUT2D eigenvalue weighted by atomic mass is 9.55. The molecule has 1 heterocycles. The van der Waals surface area contributed by atoms with Crippen molar-refractivity contribution >= 4 is 5.78 Å². The number of aliphatic hydroxyl groups is 1. The maximum atomic E-state index is 12.6. The van der Waals surface area contributed by atoms with Crippen molar-refractivity contribution in [1.82, 2.24) is 0 Å². The average molecular weight is 459 g/mol. The fourth-order valence-corrected chi connectivity index (χ4v) is 7.30. The van der Waals surface area contributed by atoms with Gasteiger partial charge in [0.25, 0.3) is 0 Å². The Bertz CT molecular complexity index is 1090. The summed E-state index contributed by atoms with van der Waals surface area (Å²) in [5.41, 5.74) is 3.84. The highest BCUT2D eigenvalue weighted by Crippen LogP contribution is 2.59. The molecule has 4 nitrogen and oxygen atoms in total. The van der Waals surface area contributed by atoms with Crippen LogP contribution in [-0.4, -0.2) is 29.7 Å². The Hall–Kier alpha value is -2.43. The Labute approximate surface area is 202 Å². The Balaban J connectivity index is 1.19. The van der Waals surface area contributed by atoms with E-state index in [1.54, 1.807) is 0 Å². The van der Waals surface area contributed by atoms with Crippen molar-refractivity contribution in [3.63, 3.8) is 0 Å². The molecule has 34 heavy (non-hydrogen) atoms. The second-order valence-electron chi connectivity index (χ2n) is 10.8. The molecule has 3 aliphatic carbocycles. The van der Waals surface area contributed by atoms with Crippen molar-refractivity contribution in [2.75, 3.05) is 6.61 Å². The van der Waals surface area contributed by atoms with Gasteiger partial charge in [-0.15, -0.1) is 0 Å². The third kappa shape index (κ3) is 3.63. The molecule has 0 unspecified atom stereocenters. The van der Waals surface area contributed by atoms with Crippen molar-refractivity contribution in [2.24, 2.45) is 17.3 Å². The second-order valence-corrected chi connectivity index (χ2v) is 10.8. The molecule has 0 aromatic heterocycles. The molecule has 1 aliphatic heterocycles. The quantitative estimate of drug-likeness (QED) is 0.611. The standard InChI is InChI=1S/C30H34O4/c1-30-16-15-23-22-10-8-21(17-20(22)7-9-24(23)25(30)11-14-29(30)32)33-27-13-12-26(34-28(27)18-31)19-5-3-2-4-6-19/h2-6,8,10,12-13,17,23-28,31H,7,9,11,14-16,18H2,1H3/t23-,24-,25+,26+,27+,28-,30+/m1/s1. The molecular formula is C30H34O4. The van der Waals surface area contributed by atoms with Crippen LogP contribution in [-0.2, 0) is 16.0 Å². The molecule has 2 saturated carbocycles. The van der Waals surface area contributed by atoms with Gasteiger partial charge in [-0.25, -0.2) is 0 Å². The molecular weight excluding hydrogens is 424 g/mol. The van der Waals surface area contributed by atoms with E-state index < -0.39 is 6.10 Å². The molecule has 1 N–H and O–H groups in total. The summed E-state index contributed by atoms with van der Waals surface area (Å²) < 4.78 is 12.5. The highest BCUT2D eigenvalue weighted by atomic mass is 16.6. The highest BCUT2D eigenvalue weighted by Gasteiger charge is 2.54. The molecule has 0 amide bonds. The van der Waals surface area contributed by atoms with Gasteiger partial charge >= 0.3 is 0 Å². The molecule has 2 aromatic rings. The van der Waals surface area contributed by atoms with E-state index in [2.05, 4.69) is 25.1 Å². The van der Waals surface area contributed by atoms with Gasteiger partial charge in [0.2, 0.25) is 0 Å². The minimum absolute atomic E-state index is 0.0774. The zero-order valence-electron chi connectivity index (χ0n) is 19.9. The Morgan fingerprint density at radius 2 is 1.91 bits per heavy atom. The number of ketones is 1. The van der Waals surface area contributed by atoms with E-state index in [0.29, 0.717) is 23.5 Å². The number of carbonyl (C=O) groups excluding carboxylic acids is 1. The van der Waals surface area contributed by atoms with Gasteiger partial charge in [0.15, 0.2) is 0 Å². The van der Waals surface area contributed by atoms with Crippen LogP contribution in [0.15, 0.2) is 60.7 Å². The van der Waals surface area contributed by atoms with E-state index in [4.69, 9.17) is 9.47 Å². The van der Waals surface area contributed by atoms with E-state index in [0.717, 1.165) is 43.4 Å². The summed E-state index contributed by atoms with van der Waals surface area (Å²) in [6.45, 7) is 2.14. The summed E-state index contributed by atoms with van der Waals surface area (Å²) >= 11 is 0. The zero-order valence-corrected chi connectivity index (χ0v) is 19.9. The fraction of sp³-hybridized carbons (Fsp3) is 0.500. The fourth-order valence-electron chi connectivity index (χ4n) is 7.30. The van der Waals surface area contributed by atoms with Crippen molar-refractivity contribution in [3.05, 3.63) is 77.4 Å². The van der Waals surface area contributed by atoms with Crippen molar-refractivity contribution in [1.29, 1.82) is 0 Å².